The predicted octanol–water partition coefficient (Wildman–Crippen LogP) is 3.66. The number of benzene rings is 2. The van der Waals surface area contributed by atoms with Crippen molar-refractivity contribution in [2.75, 3.05) is 6.61 Å². The van der Waals surface area contributed by atoms with Gasteiger partial charge >= 0.3 is 6.03 Å². The van der Waals surface area contributed by atoms with Gasteiger partial charge in [0.2, 0.25) is 0 Å². The van der Waals surface area contributed by atoms with Crippen LogP contribution < -0.4 is 5.32 Å². The Morgan fingerprint density at radius 3 is 2.46 bits per heavy atom. The lowest BCUT2D eigenvalue weighted by molar-refractivity contribution is 0.0160. The molecule has 2 aliphatic rings. The summed E-state index contributed by atoms with van der Waals surface area (Å²) in [4.78, 5) is 14.3. The molecule has 0 bridgehead atoms. The van der Waals surface area contributed by atoms with E-state index in [4.69, 9.17) is 0 Å². The number of nitrogens with zero attached hydrogens (tertiary/aromatic N) is 2. The van der Waals surface area contributed by atoms with Crippen molar-refractivity contribution >= 4 is 6.03 Å². The van der Waals surface area contributed by atoms with Crippen LogP contribution in [-0.4, -0.2) is 40.8 Å². The van der Waals surface area contributed by atoms with Crippen LogP contribution >= 0.6 is 0 Å². The molecule has 28 heavy (non-hydrogen) atoms. The molecule has 1 saturated heterocycles. The molecule has 5 nitrogen and oxygen atoms in total. The van der Waals surface area contributed by atoms with E-state index in [0.717, 1.165) is 42.4 Å². The van der Waals surface area contributed by atoms with Gasteiger partial charge in [0.25, 0.3) is 0 Å². The number of carbonyl (C=O) groups is 1. The largest absolute Gasteiger partial charge is 0.394 e. The van der Waals surface area contributed by atoms with Crippen LogP contribution in [0.3, 0.4) is 0 Å². The average molecular weight is 375 g/mol. The number of amides is 2. The van der Waals surface area contributed by atoms with Crippen LogP contribution in [0.15, 0.2) is 54.6 Å². The third-order valence-electron chi connectivity index (χ3n) is 6.05. The molecule has 1 aliphatic heterocycles. The fourth-order valence-electron chi connectivity index (χ4n) is 4.65. The number of aliphatic hydroxyl groups excluding tert-OH is 1. The molecule has 2 fully saturated rings. The van der Waals surface area contributed by atoms with E-state index in [0.29, 0.717) is 0 Å². The molecular weight excluding hydrogens is 350 g/mol. The predicted molar refractivity (Wildman–Crippen MR) is 108 cm³/mol. The topological polar surface area (TPSA) is 76.4 Å². The van der Waals surface area contributed by atoms with Crippen LogP contribution in [0.1, 0.15) is 37.2 Å². The van der Waals surface area contributed by atoms with Crippen molar-refractivity contribution < 1.29 is 9.90 Å². The van der Waals surface area contributed by atoms with Gasteiger partial charge in [0.15, 0.2) is 0 Å². The fourth-order valence-corrected chi connectivity index (χ4v) is 4.65. The Labute approximate surface area is 165 Å². The first kappa shape index (κ1) is 18.5. The Balaban J connectivity index is 1.62. The number of aliphatic hydroxyl groups is 1. The Hall–Kier alpha value is -2.84. The van der Waals surface area contributed by atoms with Gasteiger partial charge in [-0.2, -0.15) is 5.26 Å². The summed E-state index contributed by atoms with van der Waals surface area (Å²) in [5.74, 6) is -0.208. The molecule has 2 amide bonds. The molecule has 144 valence electrons. The van der Waals surface area contributed by atoms with E-state index >= 15 is 0 Å². The maximum atomic E-state index is 12.8. The van der Waals surface area contributed by atoms with Gasteiger partial charge in [0, 0.05) is 12.0 Å². The van der Waals surface area contributed by atoms with Crippen molar-refractivity contribution in [2.24, 2.45) is 0 Å². The van der Waals surface area contributed by atoms with E-state index in [-0.39, 0.29) is 24.6 Å². The van der Waals surface area contributed by atoms with Crippen LogP contribution in [-0.2, 0) is 0 Å². The van der Waals surface area contributed by atoms with Crippen LogP contribution in [0, 0.1) is 11.3 Å². The number of hydrogen-bond acceptors (Lipinski definition) is 3. The molecule has 1 saturated carbocycles. The summed E-state index contributed by atoms with van der Waals surface area (Å²) in [5, 5.41) is 22.9. The Kier molecular flexibility index (Phi) is 5.31. The molecule has 0 aromatic heterocycles. The molecule has 1 aliphatic carbocycles. The van der Waals surface area contributed by atoms with Crippen molar-refractivity contribution in [3.05, 3.63) is 60.2 Å². The highest BCUT2D eigenvalue weighted by Gasteiger charge is 2.52. The summed E-state index contributed by atoms with van der Waals surface area (Å²) in [6.45, 7) is -0.163. The summed E-state index contributed by atoms with van der Waals surface area (Å²) in [5.41, 5.74) is 3.12. The number of urea groups is 1. The van der Waals surface area contributed by atoms with Crippen molar-refractivity contribution in [1.82, 2.24) is 10.2 Å². The highest BCUT2D eigenvalue weighted by atomic mass is 16.3. The molecule has 1 heterocycles. The lowest BCUT2D eigenvalue weighted by Gasteiger charge is -2.52. The van der Waals surface area contributed by atoms with E-state index in [9.17, 15) is 15.2 Å². The molecule has 0 spiro atoms. The lowest BCUT2D eigenvalue weighted by Crippen LogP contribution is -2.67. The third-order valence-corrected chi connectivity index (χ3v) is 6.05. The number of rotatable bonds is 4. The summed E-state index contributed by atoms with van der Waals surface area (Å²) >= 11 is 0. The first-order valence-electron chi connectivity index (χ1n) is 9.98. The van der Waals surface area contributed by atoms with Crippen molar-refractivity contribution in [3.63, 3.8) is 0 Å². The number of carbonyl (C=O) groups excluding carboxylic acids is 1. The summed E-state index contributed by atoms with van der Waals surface area (Å²) in [6, 6.07) is 19.3. The van der Waals surface area contributed by atoms with E-state index in [2.05, 4.69) is 11.4 Å². The SMILES string of the molecule is N#C[C@H]1[C@H](c2ccccc2-c2ccccc2)[C@H](CO)N1C(=O)NC1CCCC1. The van der Waals surface area contributed by atoms with Crippen LogP contribution in [0.25, 0.3) is 11.1 Å². The van der Waals surface area contributed by atoms with Crippen LogP contribution in [0.5, 0.6) is 0 Å². The average Bonchev–Trinajstić information content (AvgIpc) is 3.22. The molecule has 4 rings (SSSR count). The van der Waals surface area contributed by atoms with E-state index in [1.54, 1.807) is 0 Å². The monoisotopic (exact) mass is 375 g/mol. The number of likely N-dealkylation sites (tertiary alicyclic amines) is 1. The summed E-state index contributed by atoms with van der Waals surface area (Å²) in [7, 11) is 0. The summed E-state index contributed by atoms with van der Waals surface area (Å²) < 4.78 is 0. The number of nitriles is 1. The molecule has 0 unspecified atom stereocenters. The molecular formula is C23H25N3O2. The zero-order valence-electron chi connectivity index (χ0n) is 15.8. The van der Waals surface area contributed by atoms with Crippen molar-refractivity contribution in [2.45, 2.75) is 49.7 Å². The van der Waals surface area contributed by atoms with E-state index < -0.39 is 12.1 Å². The fraction of sp³-hybridized carbons (Fsp3) is 0.391. The smallest absolute Gasteiger partial charge is 0.319 e. The number of hydrogen-bond donors (Lipinski definition) is 2. The van der Waals surface area contributed by atoms with Crippen molar-refractivity contribution in [1.29, 1.82) is 5.26 Å². The highest BCUT2D eigenvalue weighted by Crippen LogP contribution is 2.44. The van der Waals surface area contributed by atoms with Crippen molar-refractivity contribution in [3.8, 4) is 17.2 Å². The molecule has 2 aromatic rings. The lowest BCUT2D eigenvalue weighted by atomic mass is 9.73. The normalized spacial score (nSPS) is 24.4. The van der Waals surface area contributed by atoms with Gasteiger partial charge in [-0.05, 0) is 29.5 Å². The first-order valence-corrected chi connectivity index (χ1v) is 9.98. The standard InChI is InChI=1S/C23H25N3O2/c24-14-20-22(19-13-7-6-12-18(19)16-8-2-1-3-9-16)21(15-27)26(20)23(28)25-17-10-4-5-11-17/h1-3,6-9,12-13,17,20-22,27H,4-5,10-11,15H2,(H,25,28)/t20-,21-,22-/m0/s1. The quantitative estimate of drug-likeness (QED) is 0.856. The van der Waals surface area contributed by atoms with Gasteiger partial charge in [-0.15, -0.1) is 0 Å². The molecule has 2 aromatic carbocycles. The van der Waals surface area contributed by atoms with Crippen LogP contribution in [0.2, 0.25) is 0 Å². The minimum atomic E-state index is -0.580. The Bertz CT molecular complexity index is 871. The second kappa shape index (κ2) is 8.04. The minimum Gasteiger partial charge on any atom is -0.394 e. The zero-order chi connectivity index (χ0) is 19.5. The van der Waals surface area contributed by atoms with Gasteiger partial charge in [-0.3, -0.25) is 0 Å². The molecule has 0 radical (unpaired) electrons. The van der Waals surface area contributed by atoms with E-state index in [1.807, 2.05) is 54.6 Å². The zero-order valence-corrected chi connectivity index (χ0v) is 15.8. The maximum Gasteiger partial charge on any atom is 0.319 e. The minimum absolute atomic E-state index is 0.163. The third kappa shape index (κ3) is 3.25. The van der Waals surface area contributed by atoms with Crippen LogP contribution in [0.4, 0.5) is 4.79 Å². The van der Waals surface area contributed by atoms with Gasteiger partial charge in [0.05, 0.1) is 18.7 Å². The van der Waals surface area contributed by atoms with Gasteiger partial charge in [-0.25, -0.2) is 4.79 Å². The van der Waals surface area contributed by atoms with Gasteiger partial charge < -0.3 is 15.3 Å². The maximum absolute atomic E-state index is 12.8. The van der Waals surface area contributed by atoms with Gasteiger partial charge in [0.1, 0.15) is 6.04 Å². The Morgan fingerprint density at radius 2 is 1.79 bits per heavy atom. The number of nitrogens with one attached hydrogen (secondary N) is 1. The second-order valence-electron chi connectivity index (χ2n) is 7.64. The molecule has 2 N–H and O–H groups in total. The first-order chi connectivity index (χ1) is 13.7. The van der Waals surface area contributed by atoms with Gasteiger partial charge in [-0.1, -0.05) is 67.4 Å². The molecule has 3 atom stereocenters. The highest BCUT2D eigenvalue weighted by molar-refractivity contribution is 5.79. The Morgan fingerprint density at radius 1 is 1.11 bits per heavy atom. The molecule has 5 heteroatoms. The second-order valence-corrected chi connectivity index (χ2v) is 7.64. The summed E-state index contributed by atoms with van der Waals surface area (Å²) in [6.07, 6.45) is 4.23. The van der Waals surface area contributed by atoms with E-state index in [1.165, 1.54) is 4.90 Å².